The Kier molecular flexibility index (Phi) is 7.77. The third-order valence-electron chi connectivity index (χ3n) is 4.19. The predicted molar refractivity (Wildman–Crippen MR) is 99.2 cm³/mol. The number of aliphatic hydroxyl groups is 1. The molecule has 29 heavy (non-hydrogen) atoms. The molecule has 1 amide bonds. The van der Waals surface area contributed by atoms with Crippen molar-refractivity contribution in [1.82, 2.24) is 9.62 Å². The van der Waals surface area contributed by atoms with Gasteiger partial charge in [0.2, 0.25) is 0 Å². The Morgan fingerprint density at radius 2 is 1.79 bits per heavy atom. The minimum Gasteiger partial charge on any atom is -0.491 e. The smallest absolute Gasteiger partial charge is 0.491 e. The lowest BCUT2D eigenvalue weighted by Crippen LogP contribution is -2.35. The van der Waals surface area contributed by atoms with Crippen LogP contribution in [-0.4, -0.2) is 64.1 Å². The number of nitrogens with one attached hydrogen (secondary N) is 1. The average molecular weight is 440 g/mol. The van der Waals surface area contributed by atoms with E-state index in [4.69, 9.17) is 9.84 Å². The highest BCUT2D eigenvalue weighted by Gasteiger charge is 2.32. The van der Waals surface area contributed by atoms with Crippen molar-refractivity contribution in [2.75, 3.05) is 33.4 Å². The van der Waals surface area contributed by atoms with Gasteiger partial charge in [0.05, 0.1) is 18.6 Å². The summed E-state index contributed by atoms with van der Waals surface area (Å²) in [4.78, 5) is 12.1. The van der Waals surface area contributed by atoms with Crippen LogP contribution in [0.5, 0.6) is 5.75 Å². The number of ether oxygens (including phenoxy) is 2. The maximum absolute atomic E-state index is 12.2. The van der Waals surface area contributed by atoms with Gasteiger partial charge >= 0.3 is 6.36 Å². The molecule has 1 aromatic rings. The maximum Gasteiger partial charge on any atom is 0.573 e. The molecule has 2 rings (SSSR count). The molecule has 0 radical (unpaired) electrons. The Labute approximate surface area is 167 Å². The highest BCUT2D eigenvalue weighted by Crippen LogP contribution is 2.53. The molecule has 8 nitrogen and oxygen atoms in total. The van der Waals surface area contributed by atoms with E-state index in [2.05, 4.69) is 10.1 Å². The number of carbonyl (C=O) groups is 1. The van der Waals surface area contributed by atoms with Gasteiger partial charge in [0.25, 0.3) is 5.91 Å². The molecule has 4 N–H and O–H groups in total. The summed E-state index contributed by atoms with van der Waals surface area (Å²) >= 11 is 0. The standard InChI is InChI=1S/C17H23F3N2O6S/c1-27-15(16(24)21-8-11-23)12-6-9-22(10-7-12)29(25,26)14-4-2-13(3-5-14)28-17(18,19)20/h2-5,23,25-26H,6-11H2,1H3,(H,21,24). The summed E-state index contributed by atoms with van der Waals surface area (Å²) in [5.74, 6) is -0.793. The highest BCUT2D eigenvalue weighted by molar-refractivity contribution is 8.22. The lowest BCUT2D eigenvalue weighted by atomic mass is 10.0. The molecule has 0 spiro atoms. The van der Waals surface area contributed by atoms with Gasteiger partial charge in [-0.15, -0.1) is 23.9 Å². The van der Waals surface area contributed by atoms with E-state index >= 15 is 0 Å². The van der Waals surface area contributed by atoms with Gasteiger partial charge in [-0.25, -0.2) is 4.31 Å². The molecule has 12 heteroatoms. The van der Waals surface area contributed by atoms with Gasteiger partial charge in [-0.2, -0.15) is 0 Å². The molecule has 1 aromatic carbocycles. The fourth-order valence-electron chi connectivity index (χ4n) is 2.86. The molecule has 0 atom stereocenters. The van der Waals surface area contributed by atoms with E-state index < -0.39 is 28.8 Å². The van der Waals surface area contributed by atoms with Crippen LogP contribution in [0.3, 0.4) is 0 Å². The van der Waals surface area contributed by atoms with Crippen molar-refractivity contribution in [2.45, 2.75) is 24.1 Å². The molecular formula is C17H23F3N2O6S. The first-order chi connectivity index (χ1) is 13.6. The van der Waals surface area contributed by atoms with Crippen molar-refractivity contribution in [3.8, 4) is 5.75 Å². The highest BCUT2D eigenvalue weighted by atomic mass is 32.3. The van der Waals surface area contributed by atoms with E-state index in [1.54, 1.807) is 0 Å². The zero-order valence-electron chi connectivity index (χ0n) is 15.6. The topological polar surface area (TPSA) is 111 Å². The van der Waals surface area contributed by atoms with E-state index in [-0.39, 0.29) is 36.9 Å². The molecule has 1 aliphatic rings. The number of hydrogen-bond acceptors (Lipinski definition) is 7. The summed E-state index contributed by atoms with van der Waals surface area (Å²) in [5, 5.41) is 11.3. The molecule has 0 bridgehead atoms. The van der Waals surface area contributed by atoms with Crippen LogP contribution < -0.4 is 10.1 Å². The summed E-state index contributed by atoms with van der Waals surface area (Å²) in [5.41, 5.74) is 0.698. The molecule has 1 aliphatic heterocycles. The summed E-state index contributed by atoms with van der Waals surface area (Å²) in [6.45, 7) is 0.288. The van der Waals surface area contributed by atoms with Gasteiger partial charge in [0.15, 0.2) is 5.76 Å². The van der Waals surface area contributed by atoms with Crippen molar-refractivity contribution >= 4 is 16.7 Å². The number of carbonyl (C=O) groups excluding carboxylic acids is 1. The molecule has 1 heterocycles. The minimum atomic E-state index is -4.83. The van der Waals surface area contributed by atoms with Crippen LogP contribution in [0.1, 0.15) is 12.8 Å². The number of methoxy groups -OCH3 is 1. The Morgan fingerprint density at radius 1 is 1.21 bits per heavy atom. The van der Waals surface area contributed by atoms with Gasteiger partial charge in [-0.1, -0.05) is 0 Å². The third-order valence-corrected chi connectivity index (χ3v) is 6.18. The first kappa shape index (κ1) is 23.3. The minimum absolute atomic E-state index is 0.0621. The zero-order valence-corrected chi connectivity index (χ0v) is 16.4. The van der Waals surface area contributed by atoms with Gasteiger partial charge in [0.1, 0.15) is 5.75 Å². The van der Waals surface area contributed by atoms with Crippen LogP contribution in [-0.2, 0) is 9.53 Å². The van der Waals surface area contributed by atoms with Crippen LogP contribution in [0.4, 0.5) is 13.2 Å². The Hall–Kier alpha value is -1.99. The van der Waals surface area contributed by atoms with Crippen molar-refractivity contribution in [3.05, 3.63) is 35.6 Å². The monoisotopic (exact) mass is 440 g/mol. The molecule has 164 valence electrons. The van der Waals surface area contributed by atoms with Gasteiger partial charge in [0, 0.05) is 19.6 Å². The molecule has 1 fully saturated rings. The third kappa shape index (κ3) is 6.24. The maximum atomic E-state index is 12.2. The van der Waals surface area contributed by atoms with E-state index in [0.717, 1.165) is 12.1 Å². The Balaban J connectivity index is 2.07. The van der Waals surface area contributed by atoms with Crippen LogP contribution >= 0.6 is 10.8 Å². The van der Waals surface area contributed by atoms with Gasteiger partial charge in [-0.3, -0.25) is 13.9 Å². The molecule has 0 aromatic heterocycles. The SMILES string of the molecule is COC(C(=O)NCCO)=C1CCN(S(O)(O)c2ccc(OC(F)(F)F)cc2)CC1. The second-order valence-electron chi connectivity index (χ2n) is 6.08. The quantitative estimate of drug-likeness (QED) is 0.381. The van der Waals surface area contributed by atoms with E-state index in [0.29, 0.717) is 18.4 Å². The van der Waals surface area contributed by atoms with E-state index in [9.17, 15) is 27.1 Å². The van der Waals surface area contributed by atoms with Crippen LogP contribution in [0.25, 0.3) is 0 Å². The average Bonchev–Trinajstić information content (AvgIpc) is 2.66. The number of benzene rings is 1. The van der Waals surface area contributed by atoms with Crippen molar-refractivity contribution in [2.24, 2.45) is 0 Å². The number of aliphatic hydroxyl groups excluding tert-OH is 1. The second kappa shape index (κ2) is 9.67. The molecular weight excluding hydrogens is 417 g/mol. The lowest BCUT2D eigenvalue weighted by molar-refractivity contribution is -0.274. The Bertz CT molecular complexity index is 730. The summed E-state index contributed by atoms with van der Waals surface area (Å²) in [6.07, 6.45) is -4.16. The Morgan fingerprint density at radius 3 is 2.28 bits per heavy atom. The first-order valence-corrected chi connectivity index (χ1v) is 10.1. The number of amides is 1. The van der Waals surface area contributed by atoms with Crippen LogP contribution in [0.15, 0.2) is 40.5 Å². The molecule has 1 saturated heterocycles. The second-order valence-corrected chi connectivity index (χ2v) is 8.11. The summed E-state index contributed by atoms with van der Waals surface area (Å²) in [7, 11) is -2.06. The zero-order chi connectivity index (χ0) is 21.7. The number of rotatable bonds is 7. The normalized spacial score (nSPS) is 16.3. The molecule has 0 aliphatic carbocycles. The van der Waals surface area contributed by atoms with E-state index in [1.807, 2.05) is 0 Å². The van der Waals surface area contributed by atoms with Gasteiger partial charge in [-0.05, 0) is 42.7 Å². The van der Waals surface area contributed by atoms with E-state index in [1.165, 1.54) is 23.5 Å². The largest absolute Gasteiger partial charge is 0.573 e. The lowest BCUT2D eigenvalue weighted by Gasteiger charge is -2.45. The van der Waals surface area contributed by atoms with Crippen LogP contribution in [0, 0.1) is 0 Å². The first-order valence-electron chi connectivity index (χ1n) is 8.62. The summed E-state index contributed by atoms with van der Waals surface area (Å²) in [6, 6.07) is 4.37. The van der Waals surface area contributed by atoms with Crippen LogP contribution in [0.2, 0.25) is 0 Å². The molecule has 0 saturated carbocycles. The number of nitrogens with zero attached hydrogens (tertiary/aromatic N) is 1. The van der Waals surface area contributed by atoms with Crippen molar-refractivity contribution < 1.29 is 41.7 Å². The molecule has 0 unspecified atom stereocenters. The number of alkyl halides is 3. The fourth-order valence-corrected chi connectivity index (χ4v) is 4.35. The number of hydrogen-bond donors (Lipinski definition) is 4. The van der Waals surface area contributed by atoms with Crippen molar-refractivity contribution in [3.63, 3.8) is 0 Å². The van der Waals surface area contributed by atoms with Crippen molar-refractivity contribution in [1.29, 1.82) is 0 Å². The summed E-state index contributed by atoms with van der Waals surface area (Å²) < 4.78 is 68.2. The number of halogens is 3. The number of piperidine rings is 1. The fraction of sp³-hybridized carbons (Fsp3) is 0.471. The van der Waals surface area contributed by atoms with Gasteiger partial charge < -0.3 is 19.9 Å². The predicted octanol–water partition coefficient (Wildman–Crippen LogP) is 2.71.